The second kappa shape index (κ2) is 42.6. The lowest BCUT2D eigenvalue weighted by molar-refractivity contribution is -0.158. The van der Waals surface area contributed by atoms with Crippen molar-refractivity contribution in [1.29, 1.82) is 0 Å². The molecule has 1 saturated heterocycles. The summed E-state index contributed by atoms with van der Waals surface area (Å²) >= 11 is 0. The van der Waals surface area contributed by atoms with Crippen molar-refractivity contribution in [3.63, 3.8) is 0 Å². The molecule has 4 aliphatic rings. The van der Waals surface area contributed by atoms with E-state index < -0.39 is 0 Å². The van der Waals surface area contributed by atoms with Crippen LogP contribution in [0.3, 0.4) is 0 Å². The molecule has 3 aromatic rings. The maximum absolute atomic E-state index is 14.2. The van der Waals surface area contributed by atoms with E-state index in [4.69, 9.17) is 85.3 Å². The molecular weight excluding hydrogens is 1140 g/mol. The number of hydrogen-bond donors (Lipinski definition) is 3. The Morgan fingerprint density at radius 2 is 0.448 bits per heavy atom. The van der Waals surface area contributed by atoms with Crippen LogP contribution in [0.25, 0.3) is 0 Å². The summed E-state index contributed by atoms with van der Waals surface area (Å²) in [6.45, 7) is 12.4. The van der Waals surface area contributed by atoms with Gasteiger partial charge in [-0.15, -0.1) is 0 Å². The lowest BCUT2D eigenvalue weighted by Gasteiger charge is -2.42. The van der Waals surface area contributed by atoms with Gasteiger partial charge in [0.15, 0.2) is 34.5 Å². The predicted octanol–water partition coefficient (Wildman–Crippen LogP) is 3.38. The number of nitrogens with one attached hydrogen (secondary N) is 3. The third-order valence-electron chi connectivity index (χ3n) is 13.2. The zero-order chi connectivity index (χ0) is 60.5. The summed E-state index contributed by atoms with van der Waals surface area (Å²) in [6.07, 6.45) is 0.160. The SMILES string of the molecule is O=C(CCNc1ccc2c(c1)OCCOCCOCCOCCOCCO2)N1CN(C(=O)CCNc2ccc3c(c2)OCCOCCOCCOCCOCCO3)CN(C(=O)CCNc2ccc3c(c2)OCCOCCOCCOCCOCCO3)C1. The van der Waals surface area contributed by atoms with Crippen LogP contribution in [0.2, 0.25) is 0 Å². The first-order valence-corrected chi connectivity index (χ1v) is 30.2. The fraction of sp³-hybridized carbons (Fsp3) is 0.650. The Labute approximate surface area is 509 Å². The molecule has 0 aliphatic carbocycles. The Morgan fingerprint density at radius 3 is 0.655 bits per heavy atom. The van der Waals surface area contributed by atoms with Crippen LogP contribution in [0.1, 0.15) is 19.3 Å². The van der Waals surface area contributed by atoms with Gasteiger partial charge in [-0.1, -0.05) is 0 Å². The van der Waals surface area contributed by atoms with Gasteiger partial charge in [-0.05, 0) is 36.4 Å². The molecule has 3 aromatic carbocycles. The van der Waals surface area contributed by atoms with Crippen molar-refractivity contribution in [2.45, 2.75) is 19.3 Å². The third kappa shape index (κ3) is 27.8. The highest BCUT2D eigenvalue weighted by Gasteiger charge is 2.31. The molecule has 27 heteroatoms. The van der Waals surface area contributed by atoms with E-state index in [1.54, 1.807) is 36.4 Å². The maximum Gasteiger partial charge on any atom is 0.227 e. The molecule has 27 nitrogen and oxygen atoms in total. The molecule has 0 radical (unpaired) electrons. The van der Waals surface area contributed by atoms with Gasteiger partial charge in [0.1, 0.15) is 39.6 Å². The number of amides is 3. The number of ether oxygens (including phenoxy) is 18. The number of rotatable bonds is 12. The minimum absolute atomic E-state index is 0.0137. The Kier molecular flexibility index (Phi) is 33.5. The van der Waals surface area contributed by atoms with Crippen molar-refractivity contribution in [1.82, 2.24) is 14.7 Å². The molecule has 4 heterocycles. The van der Waals surface area contributed by atoms with Crippen molar-refractivity contribution < 1.29 is 99.6 Å². The van der Waals surface area contributed by atoms with E-state index in [9.17, 15) is 14.4 Å². The number of carbonyl (C=O) groups excluding carboxylic acids is 3. The number of fused-ring (bicyclic) bond motifs is 3. The van der Waals surface area contributed by atoms with Crippen molar-refractivity contribution in [3.05, 3.63) is 54.6 Å². The first kappa shape index (κ1) is 68.3. The van der Waals surface area contributed by atoms with Gasteiger partial charge in [-0.2, -0.15) is 0 Å². The molecule has 0 atom stereocenters. The summed E-state index contributed by atoms with van der Waals surface area (Å²) < 4.78 is 104. The molecule has 4 aliphatic heterocycles. The standard InChI is InChI=1S/C60H90N6O21/c67-58(7-10-61-49-1-4-52-55(43-49)85-40-34-79-28-22-73-16-13-70-19-25-76-31-37-82-52)64-46-65(59(68)8-11-62-50-2-5-53-56(44-50)86-41-35-80-29-23-74-17-14-71-20-26-77-32-38-83-53)48-66(47-64)60(69)9-12-63-51-3-6-54-57(45-51)87-42-36-81-30-24-75-18-15-72-21-27-78-33-39-84-54/h1-6,43-45,61-63H,7-42,46-48H2. The topological polar surface area (TPSA) is 263 Å². The van der Waals surface area contributed by atoms with Gasteiger partial charge < -0.3 is 116 Å². The van der Waals surface area contributed by atoms with E-state index in [0.717, 1.165) is 0 Å². The molecule has 0 bridgehead atoms. The normalized spacial score (nSPS) is 19.2. The molecular formula is C60H90N6O21. The van der Waals surface area contributed by atoms with Gasteiger partial charge in [0, 0.05) is 74.2 Å². The van der Waals surface area contributed by atoms with Crippen molar-refractivity contribution in [2.75, 3.05) is 254 Å². The highest BCUT2D eigenvalue weighted by molar-refractivity contribution is 5.82. The van der Waals surface area contributed by atoms with Crippen molar-refractivity contribution in [2.24, 2.45) is 0 Å². The Balaban J connectivity index is 0.965. The van der Waals surface area contributed by atoms with E-state index in [1.807, 2.05) is 18.2 Å². The molecule has 87 heavy (non-hydrogen) atoms. The molecule has 0 unspecified atom stereocenters. The Hall–Kier alpha value is -6.21. The van der Waals surface area contributed by atoms with Gasteiger partial charge in [-0.25, -0.2) is 0 Å². The zero-order valence-corrected chi connectivity index (χ0v) is 50.2. The van der Waals surface area contributed by atoms with Crippen LogP contribution in [0.5, 0.6) is 34.5 Å². The first-order valence-electron chi connectivity index (χ1n) is 30.2. The fourth-order valence-electron chi connectivity index (χ4n) is 8.74. The Bertz CT molecular complexity index is 2140. The summed E-state index contributed by atoms with van der Waals surface area (Å²) in [4.78, 5) is 47.1. The van der Waals surface area contributed by atoms with Crippen molar-refractivity contribution in [3.8, 4) is 34.5 Å². The largest absolute Gasteiger partial charge is 0.487 e. The maximum atomic E-state index is 14.2. The Morgan fingerprint density at radius 1 is 0.264 bits per heavy atom. The minimum atomic E-state index is -0.261. The smallest absolute Gasteiger partial charge is 0.227 e. The van der Waals surface area contributed by atoms with Crippen molar-refractivity contribution >= 4 is 34.8 Å². The fourth-order valence-corrected chi connectivity index (χ4v) is 8.74. The van der Waals surface area contributed by atoms with Gasteiger partial charge in [0.2, 0.25) is 17.7 Å². The van der Waals surface area contributed by atoms with Crippen LogP contribution in [0.15, 0.2) is 54.6 Å². The van der Waals surface area contributed by atoms with Gasteiger partial charge in [0.25, 0.3) is 0 Å². The number of anilines is 3. The highest BCUT2D eigenvalue weighted by atomic mass is 16.6. The van der Waals surface area contributed by atoms with E-state index in [-0.39, 0.29) is 96.4 Å². The molecule has 0 saturated carbocycles. The monoisotopic (exact) mass is 1230 g/mol. The van der Waals surface area contributed by atoms with Gasteiger partial charge in [0.05, 0.1) is 179 Å². The van der Waals surface area contributed by atoms with Crippen LogP contribution < -0.4 is 44.4 Å². The second-order valence-electron chi connectivity index (χ2n) is 19.7. The lowest BCUT2D eigenvalue weighted by Crippen LogP contribution is -2.59. The van der Waals surface area contributed by atoms with Crippen LogP contribution in [-0.2, 0) is 71.2 Å². The van der Waals surface area contributed by atoms with Crippen LogP contribution >= 0.6 is 0 Å². The highest BCUT2D eigenvalue weighted by Crippen LogP contribution is 2.33. The number of carbonyl (C=O) groups is 3. The van der Waals surface area contributed by atoms with E-state index in [2.05, 4.69) is 16.0 Å². The third-order valence-corrected chi connectivity index (χ3v) is 13.2. The molecule has 3 N–H and O–H groups in total. The van der Waals surface area contributed by atoms with Gasteiger partial charge in [-0.3, -0.25) is 14.4 Å². The van der Waals surface area contributed by atoms with E-state index in [1.165, 1.54) is 14.7 Å². The molecule has 3 amide bonds. The quantitative estimate of drug-likeness (QED) is 0.235. The summed E-state index contributed by atoms with van der Waals surface area (Å²) in [5.74, 6) is 2.28. The van der Waals surface area contributed by atoms with E-state index in [0.29, 0.717) is 230 Å². The molecule has 1 fully saturated rings. The number of nitrogens with zero attached hydrogens (tertiary/aromatic N) is 3. The second-order valence-corrected chi connectivity index (χ2v) is 19.7. The van der Waals surface area contributed by atoms with E-state index >= 15 is 0 Å². The summed E-state index contributed by atoms with van der Waals surface area (Å²) in [5, 5.41) is 9.99. The van der Waals surface area contributed by atoms with Crippen LogP contribution in [0.4, 0.5) is 17.1 Å². The summed E-state index contributed by atoms with van der Waals surface area (Å²) in [6, 6.07) is 16.3. The predicted molar refractivity (Wildman–Crippen MR) is 317 cm³/mol. The summed E-state index contributed by atoms with van der Waals surface area (Å²) in [5.41, 5.74) is 2.08. The molecule has 7 rings (SSSR count). The lowest BCUT2D eigenvalue weighted by atomic mass is 10.2. The first-order chi connectivity index (χ1) is 43.0. The molecule has 0 aromatic heterocycles. The van der Waals surface area contributed by atoms with Crippen LogP contribution in [-0.4, -0.2) is 270 Å². The summed E-state index contributed by atoms with van der Waals surface area (Å²) in [7, 11) is 0. The number of benzene rings is 3. The zero-order valence-electron chi connectivity index (χ0n) is 50.2. The molecule has 0 spiro atoms. The van der Waals surface area contributed by atoms with Crippen LogP contribution in [0, 0.1) is 0 Å². The minimum Gasteiger partial charge on any atom is -0.487 e. The number of hydrogen-bond acceptors (Lipinski definition) is 24. The average molecular weight is 1230 g/mol. The molecule has 486 valence electrons. The average Bonchev–Trinajstić information content (AvgIpc) is 3.36. The van der Waals surface area contributed by atoms with Gasteiger partial charge >= 0.3 is 0 Å².